The number of hydrogen-bond donors (Lipinski definition) is 1. The number of nitrogens with zero attached hydrogens (tertiary/aromatic N) is 1. The molecule has 0 radical (unpaired) electrons. The second kappa shape index (κ2) is 6.57. The Bertz CT molecular complexity index is 860. The van der Waals surface area contributed by atoms with Gasteiger partial charge in [0.05, 0.1) is 19.6 Å². The molecule has 2 aliphatic rings. The smallest absolute Gasteiger partial charge is 0.248 e. The van der Waals surface area contributed by atoms with Gasteiger partial charge in [-0.15, -0.1) is 0 Å². The summed E-state index contributed by atoms with van der Waals surface area (Å²) in [5.41, 5.74) is 8.64. The Kier molecular flexibility index (Phi) is 4.24. The first-order valence-electron chi connectivity index (χ1n) is 8.97. The van der Waals surface area contributed by atoms with Gasteiger partial charge in [0.25, 0.3) is 0 Å². The van der Waals surface area contributed by atoms with E-state index in [0.29, 0.717) is 30.8 Å². The van der Waals surface area contributed by atoms with Crippen molar-refractivity contribution in [3.8, 4) is 0 Å². The van der Waals surface area contributed by atoms with Gasteiger partial charge in [0.1, 0.15) is 5.60 Å². The summed E-state index contributed by atoms with van der Waals surface area (Å²) in [6.07, 6.45) is 2.05. The van der Waals surface area contributed by atoms with Gasteiger partial charge in [-0.25, -0.2) is 0 Å². The van der Waals surface area contributed by atoms with Crippen LogP contribution in [0, 0.1) is 0 Å². The summed E-state index contributed by atoms with van der Waals surface area (Å²) in [5, 5.41) is 0. The van der Waals surface area contributed by atoms with E-state index in [1.807, 2.05) is 23.1 Å². The van der Waals surface area contributed by atoms with Gasteiger partial charge in [0.15, 0.2) is 0 Å². The quantitative estimate of drug-likeness (QED) is 0.921. The molecule has 2 aromatic rings. The first kappa shape index (κ1) is 16.8. The summed E-state index contributed by atoms with van der Waals surface area (Å²) in [4.78, 5) is 26.4. The number of aryl methyl sites for hydroxylation is 1. The van der Waals surface area contributed by atoms with Gasteiger partial charge in [-0.2, -0.15) is 0 Å². The molecule has 1 aliphatic heterocycles. The maximum absolute atomic E-state index is 12.9. The van der Waals surface area contributed by atoms with Crippen molar-refractivity contribution in [2.75, 3.05) is 19.7 Å². The fourth-order valence-corrected chi connectivity index (χ4v) is 4.15. The molecule has 0 bridgehead atoms. The number of amides is 2. The zero-order chi connectivity index (χ0) is 18.1. The molecule has 26 heavy (non-hydrogen) atoms. The predicted molar refractivity (Wildman–Crippen MR) is 97.6 cm³/mol. The minimum atomic E-state index is -0.503. The normalized spacial score (nSPS) is 21.6. The Morgan fingerprint density at radius 2 is 1.88 bits per heavy atom. The van der Waals surface area contributed by atoms with Crippen LogP contribution in [0.1, 0.15) is 33.5 Å². The van der Waals surface area contributed by atoms with E-state index in [2.05, 4.69) is 12.1 Å². The topological polar surface area (TPSA) is 72.6 Å². The van der Waals surface area contributed by atoms with Crippen molar-refractivity contribution in [3.63, 3.8) is 0 Å². The minimum Gasteiger partial charge on any atom is -0.367 e. The van der Waals surface area contributed by atoms with Crippen molar-refractivity contribution < 1.29 is 14.3 Å². The van der Waals surface area contributed by atoms with Gasteiger partial charge in [0, 0.05) is 12.1 Å². The van der Waals surface area contributed by atoms with Gasteiger partial charge in [0.2, 0.25) is 11.8 Å². The predicted octanol–water partition coefficient (Wildman–Crippen LogP) is 2.03. The lowest BCUT2D eigenvalue weighted by molar-refractivity contribution is -0.151. The van der Waals surface area contributed by atoms with Crippen LogP contribution in [0.2, 0.25) is 0 Å². The molecule has 4 rings (SSSR count). The molecule has 2 amide bonds. The van der Waals surface area contributed by atoms with Crippen LogP contribution < -0.4 is 5.73 Å². The highest BCUT2D eigenvalue weighted by Crippen LogP contribution is 2.42. The lowest BCUT2D eigenvalue weighted by Gasteiger charge is -2.41. The van der Waals surface area contributed by atoms with E-state index in [-0.39, 0.29) is 12.3 Å². The second-order valence-corrected chi connectivity index (χ2v) is 7.01. The molecule has 2 N–H and O–H groups in total. The first-order valence-corrected chi connectivity index (χ1v) is 8.97. The molecule has 0 aromatic heterocycles. The van der Waals surface area contributed by atoms with E-state index < -0.39 is 11.5 Å². The summed E-state index contributed by atoms with van der Waals surface area (Å²) in [6.45, 7) is 1.65. The molecule has 1 unspecified atom stereocenters. The Labute approximate surface area is 152 Å². The van der Waals surface area contributed by atoms with E-state index in [1.54, 1.807) is 18.2 Å². The molecule has 5 nitrogen and oxygen atoms in total. The van der Waals surface area contributed by atoms with E-state index in [1.165, 1.54) is 11.1 Å². The Balaban J connectivity index is 1.54. The lowest BCUT2D eigenvalue weighted by atomic mass is 9.93. The average Bonchev–Trinajstić information content (AvgIpc) is 3.00. The third-order valence-electron chi connectivity index (χ3n) is 5.47. The molecule has 1 atom stereocenters. The summed E-state index contributed by atoms with van der Waals surface area (Å²) in [5.74, 6) is -0.498. The molecule has 1 heterocycles. The SMILES string of the molecule is NC(=O)c1ccccc1CC(=O)N1CCOC2(CCc3ccccc32)C1. The van der Waals surface area contributed by atoms with Gasteiger partial charge in [-0.1, -0.05) is 42.5 Å². The Morgan fingerprint density at radius 1 is 1.12 bits per heavy atom. The van der Waals surface area contributed by atoms with Crippen molar-refractivity contribution in [2.24, 2.45) is 5.73 Å². The number of carbonyl (C=O) groups is 2. The number of morpholine rings is 1. The number of fused-ring (bicyclic) bond motifs is 2. The number of benzene rings is 2. The summed E-state index contributed by atoms with van der Waals surface area (Å²) < 4.78 is 6.18. The molecule has 2 aromatic carbocycles. The van der Waals surface area contributed by atoms with E-state index in [9.17, 15) is 9.59 Å². The maximum atomic E-state index is 12.9. The Morgan fingerprint density at radius 3 is 2.73 bits per heavy atom. The Hall–Kier alpha value is -2.66. The number of hydrogen-bond acceptors (Lipinski definition) is 3. The van der Waals surface area contributed by atoms with Crippen molar-refractivity contribution in [2.45, 2.75) is 24.9 Å². The summed E-state index contributed by atoms with van der Waals surface area (Å²) in [7, 11) is 0. The maximum Gasteiger partial charge on any atom is 0.248 e. The first-order chi connectivity index (χ1) is 12.6. The number of ether oxygens (including phenoxy) is 1. The van der Waals surface area contributed by atoms with Crippen molar-refractivity contribution in [1.82, 2.24) is 4.90 Å². The molecule has 134 valence electrons. The highest BCUT2D eigenvalue weighted by molar-refractivity contribution is 5.95. The van der Waals surface area contributed by atoms with Gasteiger partial charge >= 0.3 is 0 Å². The highest BCUT2D eigenvalue weighted by Gasteiger charge is 2.44. The summed E-state index contributed by atoms with van der Waals surface area (Å²) >= 11 is 0. The van der Waals surface area contributed by atoms with Crippen molar-refractivity contribution in [1.29, 1.82) is 0 Å². The minimum absolute atomic E-state index is 0.00533. The number of nitrogens with two attached hydrogens (primary N) is 1. The van der Waals surface area contributed by atoms with E-state index in [4.69, 9.17) is 10.5 Å². The van der Waals surface area contributed by atoms with Crippen LogP contribution in [0.3, 0.4) is 0 Å². The molecule has 1 spiro atoms. The zero-order valence-corrected chi connectivity index (χ0v) is 14.6. The average molecular weight is 350 g/mol. The highest BCUT2D eigenvalue weighted by atomic mass is 16.5. The number of carbonyl (C=O) groups excluding carboxylic acids is 2. The van der Waals surface area contributed by atoms with Crippen molar-refractivity contribution >= 4 is 11.8 Å². The van der Waals surface area contributed by atoms with Crippen molar-refractivity contribution in [3.05, 3.63) is 70.8 Å². The fraction of sp³-hybridized carbons (Fsp3) is 0.333. The van der Waals surface area contributed by atoms with Crippen LogP contribution >= 0.6 is 0 Å². The monoisotopic (exact) mass is 350 g/mol. The van der Waals surface area contributed by atoms with Gasteiger partial charge < -0.3 is 15.4 Å². The number of rotatable bonds is 3. The summed E-state index contributed by atoms with van der Waals surface area (Å²) in [6, 6.07) is 15.4. The zero-order valence-electron chi connectivity index (χ0n) is 14.6. The third kappa shape index (κ3) is 2.88. The molecule has 5 heteroatoms. The van der Waals surface area contributed by atoms with Crippen LogP contribution in [-0.2, 0) is 28.0 Å². The van der Waals surface area contributed by atoms with Crippen LogP contribution in [-0.4, -0.2) is 36.4 Å². The molecule has 0 saturated carbocycles. The van der Waals surface area contributed by atoms with E-state index >= 15 is 0 Å². The van der Waals surface area contributed by atoms with Crippen LogP contribution in [0.25, 0.3) is 0 Å². The molecule has 1 saturated heterocycles. The standard InChI is InChI=1S/C21H22N2O3/c22-20(25)17-7-3-1-6-16(17)13-19(24)23-11-12-26-21(14-23)10-9-15-5-2-4-8-18(15)21/h1-8H,9-14H2,(H2,22,25). The van der Waals surface area contributed by atoms with Gasteiger partial charge in [-0.3, -0.25) is 9.59 Å². The largest absolute Gasteiger partial charge is 0.367 e. The van der Waals surface area contributed by atoms with Crippen LogP contribution in [0.4, 0.5) is 0 Å². The second-order valence-electron chi connectivity index (χ2n) is 7.01. The van der Waals surface area contributed by atoms with Gasteiger partial charge in [-0.05, 0) is 35.6 Å². The van der Waals surface area contributed by atoms with E-state index in [0.717, 1.165) is 12.8 Å². The fourth-order valence-electron chi connectivity index (χ4n) is 4.15. The molecular formula is C21H22N2O3. The molecular weight excluding hydrogens is 328 g/mol. The third-order valence-corrected chi connectivity index (χ3v) is 5.47. The molecule has 1 fully saturated rings. The van der Waals surface area contributed by atoms with Crippen LogP contribution in [0.5, 0.6) is 0 Å². The molecule has 1 aliphatic carbocycles. The lowest BCUT2D eigenvalue weighted by Crippen LogP contribution is -2.51. The van der Waals surface area contributed by atoms with Crippen LogP contribution in [0.15, 0.2) is 48.5 Å². The number of primary amides is 1.